The number of halogens is 1. The SMILES string of the molecule is CC(=O)OCc1nc2c(cc1Cc1ccc(F)cc1)N(C(=O)CN1C[C@@H](C)N(C(=O)O)C[C@@H]1CN1[C@H](C)COC[C@H]1C)[C@@H](C)CO2. The quantitative estimate of drug-likeness (QED) is 0.430. The molecular formula is C33H44FN5O7. The molecule has 0 unspecified atom stereocenters. The number of anilines is 1. The number of esters is 1. The van der Waals surface area contributed by atoms with Crippen molar-refractivity contribution >= 4 is 23.7 Å². The maximum atomic E-state index is 14.3. The Balaban J connectivity index is 1.43. The van der Waals surface area contributed by atoms with Crippen LogP contribution < -0.4 is 9.64 Å². The number of ether oxygens (including phenoxy) is 3. The smallest absolute Gasteiger partial charge is 0.407 e. The zero-order valence-corrected chi connectivity index (χ0v) is 27.1. The molecule has 250 valence electrons. The van der Waals surface area contributed by atoms with Gasteiger partial charge >= 0.3 is 12.1 Å². The van der Waals surface area contributed by atoms with Crippen LogP contribution in [-0.2, 0) is 32.1 Å². The predicted molar refractivity (Wildman–Crippen MR) is 167 cm³/mol. The maximum absolute atomic E-state index is 14.3. The Morgan fingerprint density at radius 2 is 1.70 bits per heavy atom. The molecule has 3 aliphatic heterocycles. The molecule has 0 aliphatic carbocycles. The van der Waals surface area contributed by atoms with E-state index in [0.29, 0.717) is 50.7 Å². The van der Waals surface area contributed by atoms with Crippen LogP contribution >= 0.6 is 0 Å². The fraction of sp³-hybridized carbons (Fsp3) is 0.576. The first kappa shape index (κ1) is 33.6. The second kappa shape index (κ2) is 14.3. The molecule has 1 aromatic heterocycles. The molecule has 0 spiro atoms. The highest BCUT2D eigenvalue weighted by atomic mass is 19.1. The maximum Gasteiger partial charge on any atom is 0.407 e. The van der Waals surface area contributed by atoms with Gasteiger partial charge in [-0.25, -0.2) is 14.2 Å². The molecule has 4 heterocycles. The molecule has 2 amide bonds. The van der Waals surface area contributed by atoms with E-state index in [-0.39, 0.29) is 67.6 Å². The van der Waals surface area contributed by atoms with Gasteiger partial charge in [-0.2, -0.15) is 0 Å². The van der Waals surface area contributed by atoms with Gasteiger partial charge in [0, 0.05) is 50.7 Å². The Morgan fingerprint density at radius 3 is 2.35 bits per heavy atom. The molecule has 0 bridgehead atoms. The first-order chi connectivity index (χ1) is 21.9. The number of benzene rings is 1. The van der Waals surface area contributed by atoms with E-state index in [1.165, 1.54) is 24.0 Å². The average Bonchev–Trinajstić information content (AvgIpc) is 2.99. The van der Waals surface area contributed by atoms with Gasteiger partial charge in [-0.3, -0.25) is 19.4 Å². The lowest BCUT2D eigenvalue weighted by atomic mass is 10.0. The molecule has 0 radical (unpaired) electrons. The summed E-state index contributed by atoms with van der Waals surface area (Å²) in [6, 6.07) is 7.52. The standard InChI is InChI=1S/C33H44FN5O7/c1-20-12-36(28(14-38(20)33(42)43)13-37-21(2)16-44-17-22(37)3)15-31(41)39-23(4)18-46-32-30(39)11-26(29(35-32)19-45-24(5)40)10-25-6-8-27(34)9-7-25/h6-9,11,20-23,28H,10,12-19H2,1-5H3,(H,42,43)/t20-,21-,22-,23+,28+/m1/s1. The van der Waals surface area contributed by atoms with Crippen molar-refractivity contribution in [2.75, 3.05) is 50.9 Å². The second-order valence-electron chi connectivity index (χ2n) is 12.7. The number of nitrogens with zero attached hydrogens (tertiary/aromatic N) is 5. The number of hydrogen-bond donors (Lipinski definition) is 1. The van der Waals surface area contributed by atoms with Gasteiger partial charge in [0.25, 0.3) is 0 Å². The summed E-state index contributed by atoms with van der Waals surface area (Å²) in [5.74, 6) is -0.677. The Morgan fingerprint density at radius 1 is 1.00 bits per heavy atom. The first-order valence-electron chi connectivity index (χ1n) is 15.8. The summed E-state index contributed by atoms with van der Waals surface area (Å²) in [7, 11) is 0. The Bertz CT molecular complexity index is 1420. The zero-order chi connectivity index (χ0) is 33.1. The summed E-state index contributed by atoms with van der Waals surface area (Å²) < 4.78 is 30.6. The number of hydrogen-bond acceptors (Lipinski definition) is 9. The third-order valence-corrected chi connectivity index (χ3v) is 9.10. The molecule has 2 fully saturated rings. The number of piperazine rings is 1. The molecular weight excluding hydrogens is 597 g/mol. The molecule has 1 N–H and O–H groups in total. The van der Waals surface area contributed by atoms with E-state index in [0.717, 1.165) is 11.1 Å². The molecule has 2 saturated heterocycles. The van der Waals surface area contributed by atoms with Gasteiger partial charge in [0.15, 0.2) is 0 Å². The van der Waals surface area contributed by atoms with Crippen molar-refractivity contribution < 1.29 is 38.1 Å². The van der Waals surface area contributed by atoms with E-state index in [1.54, 1.807) is 17.0 Å². The Kier molecular flexibility index (Phi) is 10.4. The minimum absolute atomic E-state index is 0.0716. The van der Waals surface area contributed by atoms with Crippen molar-refractivity contribution in [1.82, 2.24) is 19.7 Å². The van der Waals surface area contributed by atoms with E-state index in [9.17, 15) is 23.9 Å². The summed E-state index contributed by atoms with van der Waals surface area (Å²) in [4.78, 5) is 50.3. The van der Waals surface area contributed by atoms with Crippen LogP contribution in [0.25, 0.3) is 0 Å². The second-order valence-corrected chi connectivity index (χ2v) is 12.7. The van der Waals surface area contributed by atoms with Gasteiger partial charge < -0.3 is 29.1 Å². The van der Waals surface area contributed by atoms with E-state index in [1.807, 2.05) is 19.9 Å². The van der Waals surface area contributed by atoms with Crippen LogP contribution in [0, 0.1) is 5.82 Å². The van der Waals surface area contributed by atoms with Crippen molar-refractivity contribution in [1.29, 1.82) is 0 Å². The number of fused-ring (bicyclic) bond motifs is 1. The monoisotopic (exact) mass is 641 g/mol. The fourth-order valence-corrected chi connectivity index (χ4v) is 6.63. The lowest BCUT2D eigenvalue weighted by Gasteiger charge is -2.48. The van der Waals surface area contributed by atoms with Gasteiger partial charge in [0.2, 0.25) is 11.8 Å². The van der Waals surface area contributed by atoms with Crippen molar-refractivity contribution in [2.24, 2.45) is 0 Å². The number of morpholine rings is 1. The molecule has 5 rings (SSSR count). The number of aromatic nitrogens is 1. The highest BCUT2D eigenvalue weighted by Gasteiger charge is 2.40. The number of amides is 2. The van der Waals surface area contributed by atoms with E-state index in [4.69, 9.17) is 19.2 Å². The van der Waals surface area contributed by atoms with Crippen molar-refractivity contribution in [3.05, 3.63) is 53.0 Å². The fourth-order valence-electron chi connectivity index (χ4n) is 6.63. The molecule has 12 nitrogen and oxygen atoms in total. The minimum Gasteiger partial charge on any atom is -0.474 e. The van der Waals surface area contributed by atoms with Crippen LogP contribution in [0.3, 0.4) is 0 Å². The lowest BCUT2D eigenvalue weighted by Crippen LogP contribution is -2.65. The molecule has 46 heavy (non-hydrogen) atoms. The highest BCUT2D eigenvalue weighted by molar-refractivity contribution is 5.97. The number of carbonyl (C=O) groups excluding carboxylic acids is 2. The normalized spacial score (nSPS) is 25.5. The van der Waals surface area contributed by atoms with Crippen LogP contribution in [0.2, 0.25) is 0 Å². The van der Waals surface area contributed by atoms with Crippen molar-refractivity contribution in [3.8, 4) is 5.88 Å². The molecule has 13 heteroatoms. The molecule has 1 aromatic carbocycles. The van der Waals surface area contributed by atoms with Crippen molar-refractivity contribution in [2.45, 2.75) is 77.9 Å². The van der Waals surface area contributed by atoms with Gasteiger partial charge in [-0.15, -0.1) is 0 Å². The number of carboxylic acid groups (broad SMARTS) is 1. The van der Waals surface area contributed by atoms with Crippen LogP contribution in [0.1, 0.15) is 51.4 Å². The van der Waals surface area contributed by atoms with E-state index in [2.05, 4.69) is 23.6 Å². The largest absolute Gasteiger partial charge is 0.474 e. The third-order valence-electron chi connectivity index (χ3n) is 9.10. The Hall–Kier alpha value is -3.81. The van der Waals surface area contributed by atoms with Gasteiger partial charge in [-0.1, -0.05) is 12.1 Å². The summed E-state index contributed by atoms with van der Waals surface area (Å²) >= 11 is 0. The van der Waals surface area contributed by atoms with Crippen molar-refractivity contribution in [3.63, 3.8) is 0 Å². The average molecular weight is 642 g/mol. The van der Waals surface area contributed by atoms with Crippen LogP contribution in [-0.4, -0.2) is 119 Å². The summed E-state index contributed by atoms with van der Waals surface area (Å²) in [5, 5.41) is 9.92. The van der Waals surface area contributed by atoms with Gasteiger partial charge in [-0.05, 0) is 63.4 Å². The van der Waals surface area contributed by atoms with Crippen LogP contribution in [0.4, 0.5) is 14.9 Å². The third kappa shape index (κ3) is 7.59. The topological polar surface area (TPSA) is 125 Å². The predicted octanol–water partition coefficient (Wildman–Crippen LogP) is 3.15. The molecule has 2 aromatic rings. The number of carbonyl (C=O) groups is 3. The summed E-state index contributed by atoms with van der Waals surface area (Å²) in [5.41, 5.74) is 2.55. The molecule has 5 atom stereocenters. The van der Waals surface area contributed by atoms with Crippen LogP contribution in [0.15, 0.2) is 30.3 Å². The highest BCUT2D eigenvalue weighted by Crippen LogP contribution is 2.36. The number of pyridine rings is 1. The van der Waals surface area contributed by atoms with Crippen LogP contribution in [0.5, 0.6) is 5.88 Å². The van der Waals surface area contributed by atoms with E-state index < -0.39 is 12.1 Å². The summed E-state index contributed by atoms with van der Waals surface area (Å²) in [6.07, 6.45) is -0.591. The first-order valence-corrected chi connectivity index (χ1v) is 15.8. The molecule has 0 saturated carbocycles. The lowest BCUT2D eigenvalue weighted by molar-refractivity contribution is -0.142. The minimum atomic E-state index is -0.966. The van der Waals surface area contributed by atoms with Gasteiger partial charge in [0.1, 0.15) is 24.7 Å². The van der Waals surface area contributed by atoms with Gasteiger partial charge in [0.05, 0.1) is 31.5 Å². The summed E-state index contributed by atoms with van der Waals surface area (Å²) in [6.45, 7) is 12.1. The molecule has 3 aliphatic rings. The Labute approximate surface area is 269 Å². The number of rotatable bonds is 8. The zero-order valence-electron chi connectivity index (χ0n) is 27.1. The van der Waals surface area contributed by atoms with E-state index >= 15 is 0 Å².